The van der Waals surface area contributed by atoms with E-state index < -0.39 is 41.5 Å². The van der Waals surface area contributed by atoms with E-state index in [0.717, 1.165) is 6.07 Å². The molecule has 2 amide bonds. The number of anilines is 1. The van der Waals surface area contributed by atoms with Crippen LogP contribution < -0.4 is 10.6 Å². The average Bonchev–Trinajstić information content (AvgIpc) is 3.10. The lowest BCUT2D eigenvalue weighted by Gasteiger charge is -2.06. The number of amides is 2. The van der Waals surface area contributed by atoms with Gasteiger partial charge in [-0.15, -0.1) is 0 Å². The van der Waals surface area contributed by atoms with Crippen molar-refractivity contribution in [3.8, 4) is 0 Å². The number of hydrogen-bond donors (Lipinski definition) is 2. The molecule has 0 saturated heterocycles. The van der Waals surface area contributed by atoms with Gasteiger partial charge < -0.3 is 19.9 Å². The van der Waals surface area contributed by atoms with Crippen LogP contribution >= 0.6 is 11.6 Å². The minimum absolute atomic E-state index is 0.0577. The molecule has 12 heteroatoms. The van der Waals surface area contributed by atoms with E-state index in [1.165, 1.54) is 24.5 Å². The molecule has 0 spiro atoms. The van der Waals surface area contributed by atoms with Crippen molar-refractivity contribution in [2.45, 2.75) is 0 Å². The molecule has 2 aromatic rings. The highest BCUT2D eigenvalue weighted by atomic mass is 35.5. The van der Waals surface area contributed by atoms with E-state index in [2.05, 4.69) is 25.1 Å². The molecule has 0 fully saturated rings. The largest absolute Gasteiger partial charge is 0.454 e. The van der Waals surface area contributed by atoms with Crippen molar-refractivity contribution in [3.63, 3.8) is 0 Å². The molecule has 0 bridgehead atoms. The van der Waals surface area contributed by atoms with Gasteiger partial charge in [-0.25, -0.2) is 0 Å². The first-order chi connectivity index (χ1) is 12.4. The molecule has 0 aliphatic rings. The van der Waals surface area contributed by atoms with Crippen LogP contribution in [0.5, 0.6) is 0 Å². The zero-order chi connectivity index (χ0) is 19.1. The first kappa shape index (κ1) is 18.9. The smallest absolute Gasteiger partial charge is 0.325 e. The molecule has 1 aromatic heterocycles. The molecule has 1 aromatic carbocycles. The van der Waals surface area contributed by atoms with E-state index in [1.807, 2.05) is 0 Å². The van der Waals surface area contributed by atoms with E-state index in [-0.39, 0.29) is 16.4 Å². The van der Waals surface area contributed by atoms with E-state index in [1.54, 1.807) is 0 Å². The van der Waals surface area contributed by atoms with Gasteiger partial charge in [0.1, 0.15) is 17.8 Å². The van der Waals surface area contributed by atoms with Crippen molar-refractivity contribution < 1.29 is 28.6 Å². The number of carbonyl (C=O) groups is 3. The number of hydrogen-bond acceptors (Lipinski definition) is 8. The van der Waals surface area contributed by atoms with Crippen LogP contribution in [0.4, 0.5) is 11.5 Å². The molecule has 2 rings (SSSR count). The van der Waals surface area contributed by atoms with Gasteiger partial charge >= 0.3 is 5.97 Å². The Kier molecular flexibility index (Phi) is 6.22. The molecule has 0 atom stereocenters. The second-order valence-corrected chi connectivity index (χ2v) is 5.11. The molecule has 0 aliphatic carbocycles. The van der Waals surface area contributed by atoms with Crippen LogP contribution in [0.3, 0.4) is 0 Å². The molecule has 1 heterocycles. The van der Waals surface area contributed by atoms with Crippen molar-refractivity contribution in [2.24, 2.45) is 0 Å². The number of nitro benzene ring substituents is 1. The second kappa shape index (κ2) is 8.58. The lowest BCUT2D eigenvalue weighted by Crippen LogP contribution is -2.32. The van der Waals surface area contributed by atoms with Gasteiger partial charge in [-0.05, 0) is 12.1 Å². The summed E-state index contributed by atoms with van der Waals surface area (Å²) in [5, 5.41) is 18.6. The molecular weight excluding hydrogens is 372 g/mol. The number of ether oxygens (including phenoxy) is 1. The van der Waals surface area contributed by atoms with E-state index in [4.69, 9.17) is 11.6 Å². The van der Waals surface area contributed by atoms with Crippen molar-refractivity contribution >= 4 is 40.9 Å². The Labute approximate surface area is 150 Å². The zero-order valence-corrected chi connectivity index (χ0v) is 13.7. The molecule has 0 unspecified atom stereocenters. The standard InChI is InChI=1S/C14H11ClN4O7/c15-9-2-1-8(5-10(9)19(23)24)14(22)16-6-13(21)25-7-12(20)17-11-3-4-26-18-11/h1-5H,6-7H2,(H,16,22)(H,17,18,20). The first-order valence-electron chi connectivity index (χ1n) is 6.95. The Hall–Kier alpha value is -3.47. The summed E-state index contributed by atoms with van der Waals surface area (Å²) in [6.45, 7) is -1.12. The lowest BCUT2D eigenvalue weighted by atomic mass is 10.2. The normalized spacial score (nSPS) is 10.0. The number of rotatable bonds is 7. The second-order valence-electron chi connectivity index (χ2n) is 4.70. The molecule has 0 aliphatic heterocycles. The number of carbonyl (C=O) groups excluding carboxylic acids is 3. The highest BCUT2D eigenvalue weighted by Gasteiger charge is 2.17. The van der Waals surface area contributed by atoms with E-state index in [9.17, 15) is 24.5 Å². The molecular formula is C14H11ClN4O7. The summed E-state index contributed by atoms with van der Waals surface area (Å²) in [5.41, 5.74) is -0.496. The van der Waals surface area contributed by atoms with Gasteiger partial charge in [-0.3, -0.25) is 24.5 Å². The lowest BCUT2D eigenvalue weighted by molar-refractivity contribution is -0.384. The minimum Gasteiger partial charge on any atom is -0.454 e. The summed E-state index contributed by atoms with van der Waals surface area (Å²) < 4.78 is 9.17. The third-order valence-electron chi connectivity index (χ3n) is 2.87. The Bertz CT molecular complexity index is 838. The van der Waals surface area contributed by atoms with Crippen LogP contribution in [0.2, 0.25) is 5.02 Å². The predicted molar refractivity (Wildman–Crippen MR) is 86.5 cm³/mol. The summed E-state index contributed by atoms with van der Waals surface area (Å²) in [4.78, 5) is 45.0. The number of aromatic nitrogens is 1. The molecule has 2 N–H and O–H groups in total. The summed E-state index contributed by atoms with van der Waals surface area (Å²) >= 11 is 5.65. The minimum atomic E-state index is -0.878. The number of nitro groups is 1. The maximum Gasteiger partial charge on any atom is 0.325 e. The number of halogens is 1. The van der Waals surface area contributed by atoms with Gasteiger partial charge in [0.15, 0.2) is 12.4 Å². The summed E-state index contributed by atoms with van der Waals surface area (Å²) in [6, 6.07) is 4.84. The maximum atomic E-state index is 11.9. The van der Waals surface area contributed by atoms with Gasteiger partial charge in [0.25, 0.3) is 17.5 Å². The molecule has 136 valence electrons. The zero-order valence-electron chi connectivity index (χ0n) is 12.9. The molecule has 0 radical (unpaired) electrons. The van der Waals surface area contributed by atoms with Crippen LogP contribution in [0, 0.1) is 10.1 Å². The van der Waals surface area contributed by atoms with Gasteiger partial charge in [0.2, 0.25) is 0 Å². The Morgan fingerprint density at radius 3 is 2.73 bits per heavy atom. The van der Waals surface area contributed by atoms with E-state index >= 15 is 0 Å². The fourth-order valence-electron chi connectivity index (χ4n) is 1.70. The monoisotopic (exact) mass is 382 g/mol. The van der Waals surface area contributed by atoms with Crippen LogP contribution in [0.1, 0.15) is 10.4 Å². The maximum absolute atomic E-state index is 11.9. The van der Waals surface area contributed by atoms with Crippen LogP contribution in [0.15, 0.2) is 35.1 Å². The Balaban J connectivity index is 1.79. The van der Waals surface area contributed by atoms with Crippen LogP contribution in [-0.2, 0) is 14.3 Å². The molecule has 26 heavy (non-hydrogen) atoms. The van der Waals surface area contributed by atoms with Crippen LogP contribution in [-0.4, -0.2) is 41.0 Å². The first-order valence-corrected chi connectivity index (χ1v) is 7.32. The molecule has 11 nitrogen and oxygen atoms in total. The highest BCUT2D eigenvalue weighted by Crippen LogP contribution is 2.24. The number of esters is 1. The van der Waals surface area contributed by atoms with Gasteiger partial charge in [-0.2, -0.15) is 0 Å². The number of nitrogens with zero attached hydrogens (tertiary/aromatic N) is 2. The topological polar surface area (TPSA) is 154 Å². The van der Waals surface area contributed by atoms with Crippen molar-refractivity contribution in [1.29, 1.82) is 0 Å². The van der Waals surface area contributed by atoms with Gasteiger partial charge in [0.05, 0.1) is 4.92 Å². The quantitative estimate of drug-likeness (QED) is 0.410. The SMILES string of the molecule is O=C(COC(=O)CNC(=O)c1ccc(Cl)c([N+](=O)[O-])c1)Nc1ccon1. The summed E-state index contributed by atoms with van der Waals surface area (Å²) in [7, 11) is 0. The van der Waals surface area contributed by atoms with E-state index in [0.29, 0.717) is 0 Å². The fourth-order valence-corrected chi connectivity index (χ4v) is 1.89. The predicted octanol–water partition coefficient (Wildman–Crippen LogP) is 1.15. The van der Waals surface area contributed by atoms with Crippen molar-refractivity contribution in [2.75, 3.05) is 18.5 Å². The van der Waals surface area contributed by atoms with Gasteiger partial charge in [0, 0.05) is 17.7 Å². The Morgan fingerprint density at radius 2 is 2.08 bits per heavy atom. The van der Waals surface area contributed by atoms with Gasteiger partial charge in [-0.1, -0.05) is 16.8 Å². The highest BCUT2D eigenvalue weighted by molar-refractivity contribution is 6.32. The molecule has 0 saturated carbocycles. The third-order valence-corrected chi connectivity index (χ3v) is 3.19. The Morgan fingerprint density at radius 1 is 1.31 bits per heavy atom. The summed E-state index contributed by atoms with van der Waals surface area (Å²) in [6.07, 6.45) is 1.25. The van der Waals surface area contributed by atoms with Crippen molar-refractivity contribution in [1.82, 2.24) is 10.5 Å². The van der Waals surface area contributed by atoms with Crippen molar-refractivity contribution in [3.05, 3.63) is 51.2 Å². The fraction of sp³-hybridized carbons (Fsp3) is 0.143. The van der Waals surface area contributed by atoms with Crippen LogP contribution in [0.25, 0.3) is 0 Å². The third kappa shape index (κ3) is 5.27. The number of benzene rings is 1. The number of nitrogens with one attached hydrogen (secondary N) is 2. The summed E-state index contributed by atoms with van der Waals surface area (Å²) in [5.74, 6) is -2.11. The average molecular weight is 383 g/mol.